The van der Waals surface area contributed by atoms with Gasteiger partial charge < -0.3 is 11.5 Å². The van der Waals surface area contributed by atoms with Gasteiger partial charge in [0, 0.05) is 0 Å². The van der Waals surface area contributed by atoms with Crippen molar-refractivity contribution >= 4 is 19.0 Å². The lowest BCUT2D eigenvalue weighted by atomic mass is 10.3. The van der Waals surface area contributed by atoms with Crippen molar-refractivity contribution in [3.8, 4) is 0 Å². The van der Waals surface area contributed by atoms with Crippen LogP contribution in [-0.4, -0.2) is 32.1 Å². The van der Waals surface area contributed by atoms with Crippen molar-refractivity contribution in [3.05, 3.63) is 46.8 Å². The summed E-state index contributed by atoms with van der Waals surface area (Å²) in [5.41, 5.74) is 11.0. The number of hydrogen-bond donors (Lipinski definition) is 2. The third kappa shape index (κ3) is 5.41. The van der Waals surface area contributed by atoms with Gasteiger partial charge in [0.05, 0.1) is 19.0 Å². The van der Waals surface area contributed by atoms with Crippen LogP contribution in [0.2, 0.25) is 12.1 Å². The van der Waals surface area contributed by atoms with E-state index in [9.17, 15) is 0 Å². The Hall–Kier alpha value is -0.686. The van der Waals surface area contributed by atoms with Gasteiger partial charge in [-0.3, -0.25) is 0 Å². The number of hydrogen-bond acceptors (Lipinski definition) is 2. The monoisotopic (exact) mass is 246 g/mol. The van der Waals surface area contributed by atoms with E-state index < -0.39 is 0 Å². The van der Waals surface area contributed by atoms with E-state index in [1.165, 1.54) is 10.4 Å². The number of nitrogens with two attached hydrogens (primary N) is 2. The van der Waals surface area contributed by atoms with Gasteiger partial charge in [0.25, 0.3) is 0 Å². The summed E-state index contributed by atoms with van der Waals surface area (Å²) >= 11 is 0. The molecule has 1 aliphatic rings. The molecule has 0 spiro atoms. The summed E-state index contributed by atoms with van der Waals surface area (Å²) in [5.74, 6) is 0. The Labute approximate surface area is 103 Å². The first kappa shape index (κ1) is 13.4. The predicted molar refractivity (Wildman–Crippen MR) is 73.7 cm³/mol. The minimum absolute atomic E-state index is 0.769. The van der Waals surface area contributed by atoms with Crippen LogP contribution in [0.4, 0.5) is 0 Å². The van der Waals surface area contributed by atoms with Crippen LogP contribution in [0.3, 0.4) is 0 Å². The zero-order chi connectivity index (χ0) is 11.6. The van der Waals surface area contributed by atoms with Crippen molar-refractivity contribution in [2.24, 2.45) is 11.5 Å². The summed E-state index contributed by atoms with van der Waals surface area (Å²) < 4.78 is 0. The van der Waals surface area contributed by atoms with Gasteiger partial charge >= 0.3 is 0 Å². The summed E-state index contributed by atoms with van der Waals surface area (Å²) in [6, 6.07) is 2.16. The molecule has 0 fully saturated rings. The average Bonchev–Trinajstić information content (AvgIpc) is 2.27. The van der Waals surface area contributed by atoms with E-state index in [0.29, 0.717) is 0 Å². The van der Waals surface area contributed by atoms with Crippen molar-refractivity contribution in [1.29, 1.82) is 0 Å². The topological polar surface area (TPSA) is 52.0 Å². The van der Waals surface area contributed by atoms with E-state index in [-0.39, 0.29) is 0 Å². The van der Waals surface area contributed by atoms with E-state index in [1.54, 1.807) is 0 Å². The zero-order valence-corrected chi connectivity index (χ0v) is 11.4. The highest BCUT2D eigenvalue weighted by molar-refractivity contribution is 6.47. The standard InChI is InChI=1S/C12H18N2Si2/c13-7-9-15-11-3-1-2-4-12(6-5-11)16-10-8-14/h1-6H,7-10,13-14H2/b2-1?,3-1-,4-2-,6-5?,11-3?,11-5+,12-4?,12-6+. The Balaban J connectivity index is 2.59. The molecule has 0 aromatic rings. The highest BCUT2D eigenvalue weighted by Gasteiger charge is 1.97. The van der Waals surface area contributed by atoms with Gasteiger partial charge in [-0.05, 0) is 25.2 Å². The van der Waals surface area contributed by atoms with Crippen LogP contribution in [0.25, 0.3) is 0 Å². The molecule has 16 heavy (non-hydrogen) atoms. The molecular weight excluding hydrogens is 228 g/mol. The highest BCUT2D eigenvalue weighted by atomic mass is 28.2. The summed E-state index contributed by atoms with van der Waals surface area (Å²) in [7, 11) is 1.63. The van der Waals surface area contributed by atoms with Crippen LogP contribution in [0.1, 0.15) is 0 Å². The van der Waals surface area contributed by atoms with Crippen LogP contribution in [0.15, 0.2) is 46.8 Å². The number of rotatable bonds is 6. The Morgan fingerprint density at radius 1 is 0.812 bits per heavy atom. The van der Waals surface area contributed by atoms with Crippen molar-refractivity contribution in [3.63, 3.8) is 0 Å². The Morgan fingerprint density at radius 3 is 1.62 bits per heavy atom. The lowest BCUT2D eigenvalue weighted by Gasteiger charge is -2.03. The lowest BCUT2D eigenvalue weighted by Crippen LogP contribution is -2.06. The first-order valence-electron chi connectivity index (χ1n) is 5.51. The second kappa shape index (κ2) is 8.46. The zero-order valence-electron chi connectivity index (χ0n) is 9.45. The molecule has 4 radical (unpaired) electrons. The van der Waals surface area contributed by atoms with Gasteiger partial charge in [-0.15, -0.1) is 0 Å². The maximum atomic E-state index is 5.52. The van der Waals surface area contributed by atoms with E-state index in [1.807, 2.05) is 0 Å². The van der Waals surface area contributed by atoms with E-state index in [4.69, 9.17) is 11.5 Å². The normalized spacial score (nSPS) is 25.9. The highest BCUT2D eigenvalue weighted by Crippen LogP contribution is 2.06. The second-order valence-corrected chi connectivity index (χ2v) is 6.25. The minimum atomic E-state index is 0.769. The maximum absolute atomic E-state index is 5.52. The van der Waals surface area contributed by atoms with Gasteiger partial charge in [0.1, 0.15) is 0 Å². The van der Waals surface area contributed by atoms with Gasteiger partial charge in [-0.1, -0.05) is 46.8 Å². The van der Waals surface area contributed by atoms with Crippen LogP contribution in [0, 0.1) is 0 Å². The fraction of sp³-hybridized carbons (Fsp3) is 0.333. The molecule has 0 aliphatic heterocycles. The van der Waals surface area contributed by atoms with E-state index in [2.05, 4.69) is 36.5 Å². The molecular formula is C12H18N2Si2. The molecule has 0 unspecified atom stereocenters. The Morgan fingerprint density at radius 2 is 1.25 bits per heavy atom. The van der Waals surface area contributed by atoms with E-state index in [0.717, 1.165) is 44.2 Å². The maximum Gasteiger partial charge on any atom is 0.0820 e. The number of allylic oxidation sites excluding steroid dienone is 8. The van der Waals surface area contributed by atoms with Crippen molar-refractivity contribution in [2.45, 2.75) is 12.1 Å². The summed E-state index contributed by atoms with van der Waals surface area (Å²) in [6.07, 6.45) is 13.0. The van der Waals surface area contributed by atoms with Gasteiger partial charge in [0.2, 0.25) is 0 Å². The van der Waals surface area contributed by atoms with Crippen molar-refractivity contribution < 1.29 is 0 Å². The molecule has 0 bridgehead atoms. The lowest BCUT2D eigenvalue weighted by molar-refractivity contribution is 1.12. The van der Waals surface area contributed by atoms with Crippen molar-refractivity contribution in [1.82, 2.24) is 0 Å². The molecule has 1 rings (SSSR count). The molecule has 0 amide bonds. The fourth-order valence-corrected chi connectivity index (χ4v) is 2.97. The predicted octanol–water partition coefficient (Wildman–Crippen LogP) is 1.04. The van der Waals surface area contributed by atoms with Crippen LogP contribution in [-0.2, 0) is 0 Å². The SMILES string of the molecule is NCC[Si]C1=C/C=C([Si]CCN)\C=C/C=C\1. The smallest absolute Gasteiger partial charge is 0.0820 e. The molecule has 84 valence electrons. The summed E-state index contributed by atoms with van der Waals surface area (Å²) in [6.45, 7) is 1.54. The molecule has 4 N–H and O–H groups in total. The minimum Gasteiger partial charge on any atom is -0.331 e. The molecule has 0 heterocycles. The first-order valence-corrected chi connectivity index (χ1v) is 7.93. The average molecular weight is 246 g/mol. The molecule has 0 aromatic carbocycles. The third-order valence-corrected chi connectivity index (χ3v) is 4.61. The van der Waals surface area contributed by atoms with Crippen LogP contribution >= 0.6 is 0 Å². The molecule has 0 aromatic heterocycles. The largest absolute Gasteiger partial charge is 0.331 e. The molecule has 0 atom stereocenters. The molecule has 1 aliphatic carbocycles. The molecule has 0 saturated heterocycles. The van der Waals surface area contributed by atoms with Gasteiger partial charge in [0.15, 0.2) is 0 Å². The Kier molecular flexibility index (Phi) is 7.08. The second-order valence-electron chi connectivity index (χ2n) is 3.39. The van der Waals surface area contributed by atoms with E-state index >= 15 is 0 Å². The van der Waals surface area contributed by atoms with Gasteiger partial charge in [-0.25, -0.2) is 0 Å². The van der Waals surface area contributed by atoms with Crippen molar-refractivity contribution in [2.75, 3.05) is 13.1 Å². The summed E-state index contributed by atoms with van der Waals surface area (Å²) in [4.78, 5) is 0. The third-order valence-electron chi connectivity index (χ3n) is 2.05. The molecule has 4 heteroatoms. The fourth-order valence-electron chi connectivity index (χ4n) is 1.28. The van der Waals surface area contributed by atoms with Crippen LogP contribution < -0.4 is 11.5 Å². The van der Waals surface area contributed by atoms with Gasteiger partial charge in [-0.2, -0.15) is 0 Å². The Bertz CT molecular complexity index is 285. The first-order chi connectivity index (χ1) is 7.86. The molecule has 2 nitrogen and oxygen atoms in total. The quantitative estimate of drug-likeness (QED) is 0.688. The molecule has 0 saturated carbocycles. The van der Waals surface area contributed by atoms with Crippen LogP contribution in [0.5, 0.6) is 0 Å². The summed E-state index contributed by atoms with van der Waals surface area (Å²) in [5, 5.41) is 2.76.